The van der Waals surface area contributed by atoms with E-state index in [1.54, 1.807) is 18.5 Å². The van der Waals surface area contributed by atoms with Crippen LogP contribution in [-0.4, -0.2) is 43.5 Å². The van der Waals surface area contributed by atoms with Gasteiger partial charge in [0.2, 0.25) is 10.0 Å². The summed E-state index contributed by atoms with van der Waals surface area (Å²) in [6.07, 6.45) is 2.83. The van der Waals surface area contributed by atoms with Crippen LogP contribution >= 0.6 is 0 Å². The smallest absolute Gasteiger partial charge is 0.354 e. The van der Waals surface area contributed by atoms with Crippen LogP contribution in [0.3, 0.4) is 0 Å². The standard InChI is InChI=1S/C13H20N2O4S/c1-10-12(9-11(14(10)2)13(16)19-3)20(17,18)15-7-5-4-6-8-15/h9H,4-8H2,1-3H3. The molecule has 1 aromatic rings. The molecule has 1 saturated heterocycles. The first-order valence-corrected chi connectivity index (χ1v) is 8.08. The van der Waals surface area contributed by atoms with Gasteiger partial charge in [-0.05, 0) is 25.8 Å². The lowest BCUT2D eigenvalue weighted by Crippen LogP contribution is -2.35. The quantitative estimate of drug-likeness (QED) is 0.789. The highest BCUT2D eigenvalue weighted by Crippen LogP contribution is 2.25. The zero-order chi connectivity index (χ0) is 14.9. The van der Waals surface area contributed by atoms with E-state index in [0.29, 0.717) is 18.8 Å². The van der Waals surface area contributed by atoms with E-state index in [2.05, 4.69) is 4.74 Å². The van der Waals surface area contributed by atoms with E-state index >= 15 is 0 Å². The zero-order valence-electron chi connectivity index (χ0n) is 12.0. The molecule has 7 heteroatoms. The van der Waals surface area contributed by atoms with Crippen molar-refractivity contribution in [3.05, 3.63) is 17.5 Å². The van der Waals surface area contributed by atoms with Gasteiger partial charge < -0.3 is 9.30 Å². The Labute approximate surface area is 119 Å². The van der Waals surface area contributed by atoms with Gasteiger partial charge in [0, 0.05) is 25.8 Å². The Hall–Kier alpha value is -1.34. The Balaban J connectivity index is 2.44. The molecule has 1 aromatic heterocycles. The molecule has 0 atom stereocenters. The maximum atomic E-state index is 12.6. The van der Waals surface area contributed by atoms with Crippen LogP contribution in [0.4, 0.5) is 0 Å². The molecule has 0 N–H and O–H groups in total. The van der Waals surface area contributed by atoms with Crippen LogP contribution < -0.4 is 0 Å². The molecule has 0 unspecified atom stereocenters. The first-order chi connectivity index (χ1) is 9.39. The molecule has 112 valence electrons. The van der Waals surface area contributed by atoms with E-state index in [1.165, 1.54) is 17.5 Å². The molecule has 0 spiro atoms. The average molecular weight is 300 g/mol. The number of ether oxygens (including phenoxy) is 1. The van der Waals surface area contributed by atoms with Gasteiger partial charge in [0.25, 0.3) is 0 Å². The summed E-state index contributed by atoms with van der Waals surface area (Å²) in [6, 6.07) is 1.41. The fourth-order valence-corrected chi connectivity index (χ4v) is 4.27. The van der Waals surface area contributed by atoms with Crippen molar-refractivity contribution in [1.29, 1.82) is 0 Å². The summed E-state index contributed by atoms with van der Waals surface area (Å²) in [7, 11) is -0.587. The van der Waals surface area contributed by atoms with Crippen molar-refractivity contribution in [2.75, 3.05) is 20.2 Å². The van der Waals surface area contributed by atoms with Crippen LogP contribution in [0, 0.1) is 6.92 Å². The average Bonchev–Trinajstić information content (AvgIpc) is 2.76. The highest BCUT2D eigenvalue weighted by Gasteiger charge is 2.30. The lowest BCUT2D eigenvalue weighted by Gasteiger charge is -2.25. The fraction of sp³-hybridized carbons (Fsp3) is 0.615. The van der Waals surface area contributed by atoms with E-state index in [9.17, 15) is 13.2 Å². The molecule has 1 fully saturated rings. The third kappa shape index (κ3) is 2.47. The van der Waals surface area contributed by atoms with E-state index < -0.39 is 16.0 Å². The minimum Gasteiger partial charge on any atom is -0.464 e. The van der Waals surface area contributed by atoms with Gasteiger partial charge in [-0.15, -0.1) is 0 Å². The van der Waals surface area contributed by atoms with Crippen molar-refractivity contribution in [3.63, 3.8) is 0 Å². The highest BCUT2D eigenvalue weighted by molar-refractivity contribution is 7.89. The van der Waals surface area contributed by atoms with Crippen LogP contribution in [0.5, 0.6) is 0 Å². The third-order valence-corrected chi connectivity index (χ3v) is 5.83. The SMILES string of the molecule is COC(=O)c1cc(S(=O)(=O)N2CCCCC2)c(C)n1C. The normalized spacial score (nSPS) is 17.1. The molecule has 0 saturated carbocycles. The zero-order valence-corrected chi connectivity index (χ0v) is 12.9. The second-order valence-electron chi connectivity index (χ2n) is 4.99. The summed E-state index contributed by atoms with van der Waals surface area (Å²) in [5, 5.41) is 0. The second kappa shape index (κ2) is 5.57. The first-order valence-electron chi connectivity index (χ1n) is 6.64. The number of nitrogens with zero attached hydrogens (tertiary/aromatic N) is 2. The molecular formula is C13H20N2O4S. The van der Waals surface area contributed by atoms with Gasteiger partial charge in [-0.3, -0.25) is 0 Å². The minimum absolute atomic E-state index is 0.197. The number of piperidine rings is 1. The monoisotopic (exact) mass is 300 g/mol. The lowest BCUT2D eigenvalue weighted by atomic mass is 10.2. The molecule has 0 bridgehead atoms. The minimum atomic E-state index is -3.53. The molecule has 1 aliphatic heterocycles. The molecule has 0 aromatic carbocycles. The highest BCUT2D eigenvalue weighted by atomic mass is 32.2. The van der Waals surface area contributed by atoms with Crippen LogP contribution in [0.25, 0.3) is 0 Å². The van der Waals surface area contributed by atoms with Crippen molar-refractivity contribution in [1.82, 2.24) is 8.87 Å². The maximum Gasteiger partial charge on any atom is 0.354 e. The number of aromatic nitrogens is 1. The largest absolute Gasteiger partial charge is 0.464 e. The van der Waals surface area contributed by atoms with Crippen LogP contribution in [0.1, 0.15) is 35.4 Å². The predicted octanol–water partition coefficient (Wildman–Crippen LogP) is 1.29. The number of carbonyl (C=O) groups excluding carboxylic acids is 1. The van der Waals surface area contributed by atoms with E-state index in [4.69, 9.17) is 0 Å². The topological polar surface area (TPSA) is 68.6 Å². The summed E-state index contributed by atoms with van der Waals surface area (Å²) in [4.78, 5) is 11.8. The summed E-state index contributed by atoms with van der Waals surface area (Å²) < 4.78 is 33.0. The number of hydrogen-bond donors (Lipinski definition) is 0. The molecule has 1 aliphatic rings. The Morgan fingerprint density at radius 1 is 1.25 bits per heavy atom. The number of hydrogen-bond acceptors (Lipinski definition) is 4. The number of rotatable bonds is 3. The van der Waals surface area contributed by atoms with Crippen LogP contribution in [0.15, 0.2) is 11.0 Å². The first kappa shape index (κ1) is 15.1. The molecule has 0 amide bonds. The lowest BCUT2D eigenvalue weighted by molar-refractivity contribution is 0.0589. The van der Waals surface area contributed by atoms with Gasteiger partial charge in [0.15, 0.2) is 0 Å². The molecule has 20 heavy (non-hydrogen) atoms. The van der Waals surface area contributed by atoms with Gasteiger partial charge in [0.05, 0.1) is 7.11 Å². The summed E-state index contributed by atoms with van der Waals surface area (Å²) in [5.41, 5.74) is 0.802. The fourth-order valence-electron chi connectivity index (χ4n) is 2.48. The Morgan fingerprint density at radius 3 is 2.40 bits per heavy atom. The molecule has 6 nitrogen and oxygen atoms in total. The number of esters is 1. The van der Waals surface area contributed by atoms with Crippen molar-refractivity contribution < 1.29 is 17.9 Å². The van der Waals surface area contributed by atoms with Crippen LogP contribution in [-0.2, 0) is 21.8 Å². The summed E-state index contributed by atoms with van der Waals surface area (Å²) in [6.45, 7) is 2.79. The van der Waals surface area contributed by atoms with Gasteiger partial charge >= 0.3 is 5.97 Å². The van der Waals surface area contributed by atoms with Crippen molar-refractivity contribution in [2.24, 2.45) is 7.05 Å². The molecule has 2 heterocycles. The number of methoxy groups -OCH3 is 1. The van der Waals surface area contributed by atoms with Crippen LogP contribution in [0.2, 0.25) is 0 Å². The molecule has 0 radical (unpaired) electrons. The Bertz CT molecular complexity index is 613. The molecule has 0 aliphatic carbocycles. The predicted molar refractivity (Wildman–Crippen MR) is 74.1 cm³/mol. The third-order valence-electron chi connectivity index (χ3n) is 3.82. The maximum absolute atomic E-state index is 12.6. The van der Waals surface area contributed by atoms with Crippen molar-refractivity contribution in [2.45, 2.75) is 31.1 Å². The van der Waals surface area contributed by atoms with Gasteiger partial charge in [-0.25, -0.2) is 13.2 Å². The van der Waals surface area contributed by atoms with Crippen molar-refractivity contribution >= 4 is 16.0 Å². The Morgan fingerprint density at radius 2 is 1.85 bits per heavy atom. The van der Waals surface area contributed by atoms with Gasteiger partial charge in [-0.2, -0.15) is 4.31 Å². The Kier molecular flexibility index (Phi) is 4.19. The van der Waals surface area contributed by atoms with Gasteiger partial charge in [0.1, 0.15) is 10.6 Å². The summed E-state index contributed by atoms with van der Waals surface area (Å²) in [5.74, 6) is -0.532. The van der Waals surface area contributed by atoms with E-state index in [1.807, 2.05) is 0 Å². The second-order valence-corrected chi connectivity index (χ2v) is 6.90. The van der Waals surface area contributed by atoms with E-state index in [-0.39, 0.29) is 10.6 Å². The molecular weight excluding hydrogens is 280 g/mol. The number of carbonyl (C=O) groups is 1. The number of sulfonamides is 1. The summed E-state index contributed by atoms with van der Waals surface area (Å²) >= 11 is 0. The molecule has 2 rings (SSSR count). The van der Waals surface area contributed by atoms with Crippen molar-refractivity contribution in [3.8, 4) is 0 Å². The van der Waals surface area contributed by atoms with Gasteiger partial charge in [-0.1, -0.05) is 6.42 Å². The van der Waals surface area contributed by atoms with E-state index in [0.717, 1.165) is 19.3 Å².